The number of nitrogens with one attached hydrogen (secondary N) is 1. The molecular weight excluding hydrogens is 214 g/mol. The van der Waals surface area contributed by atoms with Crippen LogP contribution < -0.4 is 5.32 Å². The molecule has 0 saturated carbocycles. The SMILES string of the molecule is CNC(c1cccc(C)c1)c1sccc1C. The second kappa shape index (κ2) is 4.81. The molecule has 16 heavy (non-hydrogen) atoms. The summed E-state index contributed by atoms with van der Waals surface area (Å²) < 4.78 is 0. The summed E-state index contributed by atoms with van der Waals surface area (Å²) in [6.45, 7) is 4.31. The van der Waals surface area contributed by atoms with Gasteiger partial charge in [0, 0.05) is 4.88 Å². The van der Waals surface area contributed by atoms with Crippen LogP contribution in [-0.2, 0) is 0 Å². The van der Waals surface area contributed by atoms with Crippen LogP contribution in [0.2, 0.25) is 0 Å². The number of hydrogen-bond donors (Lipinski definition) is 1. The van der Waals surface area contributed by atoms with E-state index in [4.69, 9.17) is 0 Å². The molecule has 0 aliphatic carbocycles. The highest BCUT2D eigenvalue weighted by Gasteiger charge is 2.15. The normalized spacial score (nSPS) is 12.7. The predicted molar refractivity (Wildman–Crippen MR) is 71.1 cm³/mol. The van der Waals surface area contributed by atoms with E-state index in [2.05, 4.69) is 54.9 Å². The van der Waals surface area contributed by atoms with Crippen molar-refractivity contribution in [2.24, 2.45) is 0 Å². The van der Waals surface area contributed by atoms with E-state index in [1.807, 2.05) is 18.4 Å². The van der Waals surface area contributed by atoms with Gasteiger partial charge in [-0.1, -0.05) is 29.8 Å². The fourth-order valence-corrected chi connectivity index (χ4v) is 3.04. The highest BCUT2D eigenvalue weighted by atomic mass is 32.1. The Hall–Kier alpha value is -1.12. The lowest BCUT2D eigenvalue weighted by atomic mass is 10.0. The van der Waals surface area contributed by atoms with Crippen LogP contribution in [0.1, 0.15) is 27.6 Å². The summed E-state index contributed by atoms with van der Waals surface area (Å²) in [5, 5.41) is 5.56. The van der Waals surface area contributed by atoms with Crippen LogP contribution in [0.5, 0.6) is 0 Å². The lowest BCUT2D eigenvalue weighted by Crippen LogP contribution is -2.17. The quantitative estimate of drug-likeness (QED) is 0.850. The van der Waals surface area contributed by atoms with Gasteiger partial charge in [0.25, 0.3) is 0 Å². The third-order valence-electron chi connectivity index (χ3n) is 2.83. The van der Waals surface area contributed by atoms with E-state index in [9.17, 15) is 0 Å². The van der Waals surface area contributed by atoms with Gasteiger partial charge in [-0.05, 0) is 43.5 Å². The average Bonchev–Trinajstić information content (AvgIpc) is 2.67. The van der Waals surface area contributed by atoms with Crippen LogP contribution in [-0.4, -0.2) is 7.05 Å². The Balaban J connectivity index is 2.40. The zero-order valence-corrected chi connectivity index (χ0v) is 10.8. The maximum atomic E-state index is 3.40. The van der Waals surface area contributed by atoms with E-state index in [-0.39, 0.29) is 0 Å². The van der Waals surface area contributed by atoms with Crippen molar-refractivity contribution in [3.63, 3.8) is 0 Å². The van der Waals surface area contributed by atoms with Crippen molar-refractivity contribution in [1.29, 1.82) is 0 Å². The minimum Gasteiger partial charge on any atom is -0.309 e. The minimum atomic E-state index is 0.319. The minimum absolute atomic E-state index is 0.319. The van der Waals surface area contributed by atoms with Crippen LogP contribution >= 0.6 is 11.3 Å². The molecule has 1 atom stereocenters. The van der Waals surface area contributed by atoms with E-state index in [0.29, 0.717) is 6.04 Å². The van der Waals surface area contributed by atoms with Gasteiger partial charge in [0.1, 0.15) is 0 Å². The summed E-state index contributed by atoms with van der Waals surface area (Å²) in [6, 6.07) is 11.2. The second-order valence-electron chi connectivity index (χ2n) is 4.10. The first-order chi connectivity index (χ1) is 7.72. The molecule has 1 N–H and O–H groups in total. The van der Waals surface area contributed by atoms with Gasteiger partial charge < -0.3 is 5.32 Å². The van der Waals surface area contributed by atoms with Crippen molar-refractivity contribution < 1.29 is 0 Å². The first kappa shape index (κ1) is 11.4. The molecule has 0 aliphatic rings. The van der Waals surface area contributed by atoms with Gasteiger partial charge in [-0.15, -0.1) is 11.3 Å². The molecule has 1 aromatic carbocycles. The Morgan fingerprint density at radius 1 is 1.19 bits per heavy atom. The Morgan fingerprint density at radius 3 is 2.56 bits per heavy atom. The first-order valence-corrected chi connectivity index (χ1v) is 6.38. The monoisotopic (exact) mass is 231 g/mol. The summed E-state index contributed by atoms with van der Waals surface area (Å²) in [5.41, 5.74) is 4.02. The van der Waals surface area contributed by atoms with Crippen LogP contribution in [0.4, 0.5) is 0 Å². The molecule has 0 aliphatic heterocycles. The Kier molecular flexibility index (Phi) is 3.42. The number of rotatable bonds is 3. The molecule has 0 saturated heterocycles. The molecule has 0 radical (unpaired) electrons. The smallest absolute Gasteiger partial charge is 0.0671 e. The van der Waals surface area contributed by atoms with Crippen molar-refractivity contribution >= 4 is 11.3 Å². The molecule has 2 heteroatoms. The number of hydrogen-bond acceptors (Lipinski definition) is 2. The van der Waals surface area contributed by atoms with Crippen molar-refractivity contribution in [2.75, 3.05) is 7.05 Å². The standard InChI is InChI=1S/C14H17NS/c1-10-5-4-6-12(9-10)13(15-3)14-11(2)7-8-16-14/h4-9,13,15H,1-3H3. The van der Waals surface area contributed by atoms with Gasteiger partial charge >= 0.3 is 0 Å². The van der Waals surface area contributed by atoms with Crippen LogP contribution in [0.25, 0.3) is 0 Å². The maximum absolute atomic E-state index is 3.40. The molecule has 1 heterocycles. The number of benzene rings is 1. The van der Waals surface area contributed by atoms with E-state index < -0.39 is 0 Å². The van der Waals surface area contributed by atoms with E-state index in [1.54, 1.807) is 0 Å². The van der Waals surface area contributed by atoms with Gasteiger partial charge in [0.2, 0.25) is 0 Å². The maximum Gasteiger partial charge on any atom is 0.0671 e. The van der Waals surface area contributed by atoms with Crippen molar-refractivity contribution in [3.05, 3.63) is 57.3 Å². The molecule has 1 nitrogen and oxygen atoms in total. The van der Waals surface area contributed by atoms with Gasteiger partial charge in [0.05, 0.1) is 6.04 Å². The molecule has 0 fully saturated rings. The van der Waals surface area contributed by atoms with Gasteiger partial charge in [0.15, 0.2) is 0 Å². The molecule has 2 aromatic rings. The molecule has 1 aromatic heterocycles. The lowest BCUT2D eigenvalue weighted by Gasteiger charge is -2.16. The summed E-state index contributed by atoms with van der Waals surface area (Å²) in [4.78, 5) is 1.41. The van der Waals surface area contributed by atoms with Crippen molar-refractivity contribution in [2.45, 2.75) is 19.9 Å². The Labute approximate surface area is 101 Å². The summed E-state index contributed by atoms with van der Waals surface area (Å²) in [6.07, 6.45) is 0. The average molecular weight is 231 g/mol. The highest BCUT2D eigenvalue weighted by Crippen LogP contribution is 2.29. The van der Waals surface area contributed by atoms with E-state index in [1.165, 1.54) is 21.6 Å². The van der Waals surface area contributed by atoms with Crippen LogP contribution in [0.3, 0.4) is 0 Å². The number of aryl methyl sites for hydroxylation is 2. The molecule has 0 bridgehead atoms. The highest BCUT2D eigenvalue weighted by molar-refractivity contribution is 7.10. The molecule has 0 amide bonds. The Bertz CT molecular complexity index is 473. The van der Waals surface area contributed by atoms with Crippen LogP contribution in [0, 0.1) is 13.8 Å². The fourth-order valence-electron chi connectivity index (χ4n) is 1.98. The zero-order chi connectivity index (χ0) is 11.5. The summed E-state index contributed by atoms with van der Waals surface area (Å²) >= 11 is 1.82. The predicted octanol–water partition coefficient (Wildman–Crippen LogP) is 3.67. The van der Waals surface area contributed by atoms with Crippen LogP contribution in [0.15, 0.2) is 35.7 Å². The third kappa shape index (κ3) is 2.18. The third-order valence-corrected chi connectivity index (χ3v) is 3.91. The molecule has 1 unspecified atom stereocenters. The second-order valence-corrected chi connectivity index (χ2v) is 5.05. The van der Waals surface area contributed by atoms with Gasteiger partial charge in [-0.3, -0.25) is 0 Å². The largest absolute Gasteiger partial charge is 0.309 e. The molecule has 84 valence electrons. The topological polar surface area (TPSA) is 12.0 Å². The lowest BCUT2D eigenvalue weighted by molar-refractivity contribution is 0.700. The Morgan fingerprint density at radius 2 is 2.00 bits per heavy atom. The summed E-state index contributed by atoms with van der Waals surface area (Å²) in [7, 11) is 2.02. The van der Waals surface area contributed by atoms with Gasteiger partial charge in [-0.25, -0.2) is 0 Å². The summed E-state index contributed by atoms with van der Waals surface area (Å²) in [5.74, 6) is 0. The molecule has 0 spiro atoms. The molecule has 2 rings (SSSR count). The fraction of sp³-hybridized carbons (Fsp3) is 0.286. The zero-order valence-electron chi connectivity index (χ0n) is 9.95. The number of thiophene rings is 1. The van der Waals surface area contributed by atoms with Gasteiger partial charge in [-0.2, -0.15) is 0 Å². The molecular formula is C14H17NS. The first-order valence-electron chi connectivity index (χ1n) is 5.50. The van der Waals surface area contributed by atoms with Crippen molar-refractivity contribution in [3.8, 4) is 0 Å². The van der Waals surface area contributed by atoms with Crippen molar-refractivity contribution in [1.82, 2.24) is 5.32 Å². The van der Waals surface area contributed by atoms with E-state index in [0.717, 1.165) is 0 Å². The van der Waals surface area contributed by atoms with E-state index >= 15 is 0 Å².